The number of rotatable bonds is 3. The third kappa shape index (κ3) is 2.04. The molecule has 1 saturated carbocycles. The summed E-state index contributed by atoms with van der Waals surface area (Å²) in [4.78, 5) is 11.9. The molecule has 0 heterocycles. The van der Waals surface area contributed by atoms with Gasteiger partial charge in [0.1, 0.15) is 11.2 Å². The fraction of sp³-hybridized carbons (Fsp3) is 0.429. The van der Waals surface area contributed by atoms with Crippen LogP contribution in [0.1, 0.15) is 24.0 Å². The highest BCUT2D eigenvalue weighted by molar-refractivity contribution is 5.99. The number of hydrogen-bond donors (Lipinski definition) is 1. The topological polar surface area (TPSA) is 62.1 Å². The standard InChI is InChI=1S/C14H16N2O2/c1-9-6-11(7-10(2)12(9)18-3)16-13(17)14(8-15)4-5-14/h6-7H,4-5H2,1-3H3,(H,16,17). The molecular formula is C14H16N2O2. The van der Waals surface area contributed by atoms with Crippen LogP contribution in [0.5, 0.6) is 5.75 Å². The lowest BCUT2D eigenvalue weighted by atomic mass is 10.1. The van der Waals surface area contributed by atoms with Gasteiger partial charge < -0.3 is 10.1 Å². The molecule has 1 aromatic carbocycles. The minimum atomic E-state index is -0.790. The minimum Gasteiger partial charge on any atom is -0.496 e. The Balaban J connectivity index is 2.21. The number of nitrogens with zero attached hydrogens (tertiary/aromatic N) is 1. The molecule has 4 heteroatoms. The van der Waals surface area contributed by atoms with Crippen LogP contribution >= 0.6 is 0 Å². The number of aryl methyl sites for hydroxylation is 2. The first kappa shape index (κ1) is 12.4. The molecule has 1 aliphatic rings. The van der Waals surface area contributed by atoms with E-state index in [0.717, 1.165) is 22.6 Å². The van der Waals surface area contributed by atoms with E-state index < -0.39 is 5.41 Å². The Labute approximate surface area is 107 Å². The van der Waals surface area contributed by atoms with Crippen molar-refractivity contribution in [3.05, 3.63) is 23.3 Å². The highest BCUT2D eigenvalue weighted by Crippen LogP contribution is 2.45. The van der Waals surface area contributed by atoms with Gasteiger partial charge in [-0.15, -0.1) is 0 Å². The first-order valence-electron chi connectivity index (χ1n) is 5.90. The van der Waals surface area contributed by atoms with Gasteiger partial charge in [0, 0.05) is 5.69 Å². The fourth-order valence-corrected chi connectivity index (χ4v) is 2.11. The Morgan fingerprint density at radius 1 is 1.39 bits per heavy atom. The summed E-state index contributed by atoms with van der Waals surface area (Å²) in [6.07, 6.45) is 1.31. The number of carbonyl (C=O) groups excluding carboxylic acids is 1. The molecule has 1 fully saturated rings. The molecule has 0 saturated heterocycles. The molecule has 1 amide bonds. The summed E-state index contributed by atoms with van der Waals surface area (Å²) in [6, 6.07) is 5.80. The van der Waals surface area contributed by atoms with Gasteiger partial charge in [-0.25, -0.2) is 0 Å². The summed E-state index contributed by atoms with van der Waals surface area (Å²) in [6.45, 7) is 3.86. The Kier molecular flexibility index (Phi) is 3.00. The van der Waals surface area contributed by atoms with Gasteiger partial charge in [-0.1, -0.05) is 0 Å². The van der Waals surface area contributed by atoms with Gasteiger partial charge in [0.05, 0.1) is 13.2 Å². The van der Waals surface area contributed by atoms with Crippen LogP contribution in [0, 0.1) is 30.6 Å². The molecule has 94 valence electrons. The molecule has 4 nitrogen and oxygen atoms in total. The van der Waals surface area contributed by atoms with Gasteiger partial charge >= 0.3 is 0 Å². The van der Waals surface area contributed by atoms with Crippen molar-refractivity contribution in [1.82, 2.24) is 0 Å². The number of benzene rings is 1. The predicted octanol–water partition coefficient (Wildman–Crippen LogP) is 2.55. The van der Waals surface area contributed by atoms with Crippen LogP contribution in [0.3, 0.4) is 0 Å². The average Bonchev–Trinajstić information content (AvgIpc) is 3.09. The third-order valence-corrected chi connectivity index (χ3v) is 3.32. The zero-order valence-corrected chi connectivity index (χ0v) is 10.8. The summed E-state index contributed by atoms with van der Waals surface area (Å²) in [5, 5.41) is 11.8. The lowest BCUT2D eigenvalue weighted by molar-refractivity contribution is -0.119. The maximum absolute atomic E-state index is 11.9. The second-order valence-corrected chi connectivity index (χ2v) is 4.79. The average molecular weight is 244 g/mol. The second kappa shape index (κ2) is 4.34. The zero-order chi connectivity index (χ0) is 13.3. The number of nitriles is 1. The summed E-state index contributed by atoms with van der Waals surface area (Å²) in [5.74, 6) is 0.628. The molecule has 0 unspecified atom stereocenters. The Morgan fingerprint density at radius 3 is 2.33 bits per heavy atom. The number of carbonyl (C=O) groups is 1. The maximum Gasteiger partial charge on any atom is 0.244 e. The third-order valence-electron chi connectivity index (χ3n) is 3.32. The van der Waals surface area contributed by atoms with E-state index in [9.17, 15) is 4.79 Å². The van der Waals surface area contributed by atoms with E-state index in [1.165, 1.54) is 0 Å². The molecule has 0 aromatic heterocycles. The number of hydrogen-bond acceptors (Lipinski definition) is 3. The number of ether oxygens (including phenoxy) is 1. The normalized spacial score (nSPS) is 15.7. The molecule has 1 aliphatic carbocycles. The van der Waals surface area contributed by atoms with Crippen LogP contribution in [-0.2, 0) is 4.79 Å². The molecule has 18 heavy (non-hydrogen) atoms. The Hall–Kier alpha value is -2.02. The van der Waals surface area contributed by atoms with E-state index in [2.05, 4.69) is 11.4 Å². The van der Waals surface area contributed by atoms with E-state index in [4.69, 9.17) is 10.00 Å². The largest absolute Gasteiger partial charge is 0.496 e. The number of amides is 1. The second-order valence-electron chi connectivity index (χ2n) is 4.79. The van der Waals surface area contributed by atoms with Crippen LogP contribution in [-0.4, -0.2) is 13.0 Å². The van der Waals surface area contributed by atoms with Crippen LogP contribution in [0.4, 0.5) is 5.69 Å². The lowest BCUT2D eigenvalue weighted by Gasteiger charge is -2.13. The van der Waals surface area contributed by atoms with Crippen LogP contribution in [0.2, 0.25) is 0 Å². The number of anilines is 1. The molecule has 1 aromatic rings. The highest BCUT2D eigenvalue weighted by Gasteiger charge is 2.50. The van der Waals surface area contributed by atoms with Crippen molar-refractivity contribution < 1.29 is 9.53 Å². The fourth-order valence-electron chi connectivity index (χ4n) is 2.11. The van der Waals surface area contributed by atoms with Crippen molar-refractivity contribution in [2.45, 2.75) is 26.7 Å². The maximum atomic E-state index is 11.9. The van der Waals surface area contributed by atoms with Gasteiger partial charge in [-0.05, 0) is 49.9 Å². The minimum absolute atomic E-state index is 0.200. The monoisotopic (exact) mass is 244 g/mol. The van der Waals surface area contributed by atoms with E-state index in [-0.39, 0.29) is 5.91 Å². The SMILES string of the molecule is COc1c(C)cc(NC(=O)C2(C#N)CC2)cc1C. The first-order chi connectivity index (χ1) is 8.52. The Morgan fingerprint density at radius 2 is 1.94 bits per heavy atom. The van der Waals surface area contributed by atoms with E-state index in [0.29, 0.717) is 12.8 Å². The summed E-state index contributed by atoms with van der Waals surface area (Å²) < 4.78 is 5.27. The van der Waals surface area contributed by atoms with E-state index in [1.54, 1.807) is 7.11 Å². The van der Waals surface area contributed by atoms with Gasteiger partial charge in [-0.2, -0.15) is 5.26 Å². The first-order valence-corrected chi connectivity index (χ1v) is 5.90. The van der Waals surface area contributed by atoms with Crippen molar-refractivity contribution in [2.75, 3.05) is 12.4 Å². The van der Waals surface area contributed by atoms with Crippen LogP contribution < -0.4 is 10.1 Å². The van der Waals surface area contributed by atoms with Gasteiger partial charge in [-0.3, -0.25) is 4.79 Å². The van der Waals surface area contributed by atoms with Crippen molar-refractivity contribution in [2.24, 2.45) is 5.41 Å². The predicted molar refractivity (Wildman–Crippen MR) is 68.4 cm³/mol. The lowest BCUT2D eigenvalue weighted by Crippen LogP contribution is -2.22. The summed E-state index contributed by atoms with van der Waals surface area (Å²) in [5.41, 5.74) is 1.86. The van der Waals surface area contributed by atoms with Gasteiger partial charge in [0.25, 0.3) is 0 Å². The molecule has 1 N–H and O–H groups in total. The van der Waals surface area contributed by atoms with Crippen LogP contribution in [0.25, 0.3) is 0 Å². The number of methoxy groups -OCH3 is 1. The summed E-state index contributed by atoms with van der Waals surface area (Å²) >= 11 is 0. The summed E-state index contributed by atoms with van der Waals surface area (Å²) in [7, 11) is 1.63. The van der Waals surface area contributed by atoms with E-state index in [1.807, 2.05) is 26.0 Å². The molecule has 0 atom stereocenters. The highest BCUT2D eigenvalue weighted by atomic mass is 16.5. The zero-order valence-electron chi connectivity index (χ0n) is 10.8. The number of nitrogens with one attached hydrogen (secondary N) is 1. The molecule has 0 aliphatic heterocycles. The van der Waals surface area contributed by atoms with Crippen LogP contribution in [0.15, 0.2) is 12.1 Å². The van der Waals surface area contributed by atoms with Gasteiger partial charge in [0.15, 0.2) is 0 Å². The van der Waals surface area contributed by atoms with Crippen molar-refractivity contribution in [3.63, 3.8) is 0 Å². The smallest absolute Gasteiger partial charge is 0.244 e. The van der Waals surface area contributed by atoms with Crippen molar-refractivity contribution in [1.29, 1.82) is 5.26 Å². The molecule has 0 radical (unpaired) electrons. The molecule has 0 spiro atoms. The molecular weight excluding hydrogens is 228 g/mol. The van der Waals surface area contributed by atoms with Crippen molar-refractivity contribution >= 4 is 11.6 Å². The van der Waals surface area contributed by atoms with E-state index >= 15 is 0 Å². The van der Waals surface area contributed by atoms with Crippen molar-refractivity contribution in [3.8, 4) is 11.8 Å². The Bertz CT molecular complexity index is 516. The quantitative estimate of drug-likeness (QED) is 0.888. The molecule has 0 bridgehead atoms. The van der Waals surface area contributed by atoms with Gasteiger partial charge in [0.2, 0.25) is 5.91 Å². The molecule has 2 rings (SSSR count).